The van der Waals surface area contributed by atoms with Gasteiger partial charge in [-0.3, -0.25) is 9.69 Å². The van der Waals surface area contributed by atoms with E-state index in [2.05, 4.69) is 0 Å². The zero-order valence-corrected chi connectivity index (χ0v) is 12.9. The molecule has 1 heterocycles. The summed E-state index contributed by atoms with van der Waals surface area (Å²) in [6, 6.07) is 17.6. The molecule has 0 radical (unpaired) electrons. The van der Waals surface area contributed by atoms with Crippen molar-refractivity contribution in [1.29, 1.82) is 0 Å². The molecule has 114 valence electrons. The molecule has 0 aromatic heterocycles. The summed E-state index contributed by atoms with van der Waals surface area (Å²) in [7, 11) is 3.25. The highest BCUT2D eigenvalue weighted by Crippen LogP contribution is 2.50. The van der Waals surface area contributed by atoms with Crippen LogP contribution in [-0.2, 0) is 19.9 Å². The first-order chi connectivity index (χ1) is 10.7. The molecule has 3 rings (SSSR count). The van der Waals surface area contributed by atoms with Gasteiger partial charge in [0.1, 0.15) is 0 Å². The second-order valence-electron chi connectivity index (χ2n) is 5.30. The van der Waals surface area contributed by atoms with E-state index in [9.17, 15) is 4.79 Å². The van der Waals surface area contributed by atoms with Gasteiger partial charge < -0.3 is 9.47 Å². The maximum Gasteiger partial charge on any atom is 0.226 e. The highest BCUT2D eigenvalue weighted by molar-refractivity contribution is 5.95. The summed E-state index contributed by atoms with van der Waals surface area (Å²) in [5.74, 6) is -0.0749. The summed E-state index contributed by atoms with van der Waals surface area (Å²) < 4.78 is 11.7. The maximum atomic E-state index is 12.2. The van der Waals surface area contributed by atoms with Crippen molar-refractivity contribution in [2.24, 2.45) is 0 Å². The maximum absolute atomic E-state index is 12.2. The first kappa shape index (κ1) is 14.8. The minimum atomic E-state index is -0.835. The fraction of sp³-hybridized carbons (Fsp3) is 0.278. The third-order valence-corrected chi connectivity index (χ3v) is 4.23. The number of hydrogen-bond donors (Lipinski definition) is 0. The summed E-state index contributed by atoms with van der Waals surface area (Å²) >= 11 is 0. The van der Waals surface area contributed by atoms with E-state index in [-0.39, 0.29) is 5.91 Å². The summed E-state index contributed by atoms with van der Waals surface area (Å²) in [6.07, 6.45) is -0.546. The minimum absolute atomic E-state index is 0.0749. The lowest BCUT2D eigenvalue weighted by Gasteiger charge is -2.36. The summed E-state index contributed by atoms with van der Waals surface area (Å²) in [4.78, 5) is 13.9. The number of methoxy groups -OCH3 is 2. The smallest absolute Gasteiger partial charge is 0.226 e. The number of para-hydroxylation sites is 1. The lowest BCUT2D eigenvalue weighted by Crippen LogP contribution is -2.49. The van der Waals surface area contributed by atoms with Gasteiger partial charge >= 0.3 is 0 Å². The van der Waals surface area contributed by atoms with Crippen molar-refractivity contribution in [3.8, 4) is 0 Å². The van der Waals surface area contributed by atoms with Crippen LogP contribution in [0.5, 0.6) is 0 Å². The second kappa shape index (κ2) is 5.55. The predicted octanol–water partition coefficient (Wildman–Crippen LogP) is 2.92. The molecule has 0 aliphatic carbocycles. The Kier molecular flexibility index (Phi) is 3.72. The van der Waals surface area contributed by atoms with Crippen molar-refractivity contribution < 1.29 is 14.3 Å². The Balaban J connectivity index is 2.31. The van der Waals surface area contributed by atoms with Crippen LogP contribution in [0.2, 0.25) is 0 Å². The van der Waals surface area contributed by atoms with Crippen LogP contribution in [0.3, 0.4) is 0 Å². The van der Waals surface area contributed by atoms with E-state index < -0.39 is 11.8 Å². The highest BCUT2D eigenvalue weighted by Gasteiger charge is 2.54. The van der Waals surface area contributed by atoms with Gasteiger partial charge in [-0.05, 0) is 11.6 Å². The third kappa shape index (κ3) is 1.88. The van der Waals surface area contributed by atoms with E-state index in [1.54, 1.807) is 26.0 Å². The predicted molar refractivity (Wildman–Crippen MR) is 84.6 cm³/mol. The molecule has 1 aliphatic heterocycles. The van der Waals surface area contributed by atoms with Crippen molar-refractivity contribution in [3.05, 3.63) is 65.7 Å². The van der Waals surface area contributed by atoms with Crippen LogP contribution in [0.15, 0.2) is 54.6 Å². The zero-order valence-electron chi connectivity index (χ0n) is 12.9. The van der Waals surface area contributed by atoms with Gasteiger partial charge in [0, 0.05) is 26.7 Å². The molecule has 0 spiro atoms. The lowest BCUT2D eigenvalue weighted by atomic mass is 9.86. The van der Waals surface area contributed by atoms with Crippen LogP contribution in [0.4, 0.5) is 5.69 Å². The van der Waals surface area contributed by atoms with Crippen molar-refractivity contribution in [1.82, 2.24) is 0 Å². The van der Waals surface area contributed by atoms with Crippen LogP contribution in [0, 0.1) is 0 Å². The molecule has 0 saturated carbocycles. The molecule has 1 aliphatic rings. The van der Waals surface area contributed by atoms with Gasteiger partial charge in [0.25, 0.3) is 0 Å². The van der Waals surface area contributed by atoms with E-state index >= 15 is 0 Å². The van der Waals surface area contributed by atoms with Crippen molar-refractivity contribution >= 4 is 11.6 Å². The lowest BCUT2D eigenvalue weighted by molar-refractivity contribution is -0.126. The number of fused-ring (bicyclic) bond motifs is 1. The molecule has 0 bridgehead atoms. The topological polar surface area (TPSA) is 38.8 Å². The number of carbonyl (C=O) groups is 1. The minimum Gasteiger partial charge on any atom is -0.364 e. The van der Waals surface area contributed by atoms with Crippen LogP contribution in [0.25, 0.3) is 0 Å². The molecule has 4 nitrogen and oxygen atoms in total. The Morgan fingerprint density at radius 1 is 1.05 bits per heavy atom. The molecule has 2 aromatic rings. The van der Waals surface area contributed by atoms with Crippen molar-refractivity contribution in [3.63, 3.8) is 0 Å². The Bertz CT molecular complexity index is 686. The van der Waals surface area contributed by atoms with Crippen molar-refractivity contribution in [2.45, 2.75) is 18.8 Å². The quantitative estimate of drug-likeness (QED) is 0.874. The molecule has 2 aromatic carbocycles. The van der Waals surface area contributed by atoms with E-state index in [1.165, 1.54) is 0 Å². The molecular weight excluding hydrogens is 278 g/mol. The number of anilines is 1. The summed E-state index contributed by atoms with van der Waals surface area (Å²) in [5, 5.41) is 0. The van der Waals surface area contributed by atoms with Crippen LogP contribution < -0.4 is 4.90 Å². The van der Waals surface area contributed by atoms with Gasteiger partial charge in [-0.15, -0.1) is 0 Å². The average Bonchev–Trinajstić information content (AvgIpc) is 2.86. The molecular formula is C18H19NO3. The molecule has 1 amide bonds. The number of carbonyl (C=O) groups excluding carboxylic acids is 1. The molecule has 22 heavy (non-hydrogen) atoms. The number of ether oxygens (including phenoxy) is 2. The first-order valence-corrected chi connectivity index (χ1v) is 7.19. The number of rotatable bonds is 3. The molecule has 0 fully saturated rings. The molecule has 0 saturated heterocycles. The largest absolute Gasteiger partial charge is 0.364 e. The van der Waals surface area contributed by atoms with Crippen molar-refractivity contribution in [2.75, 3.05) is 19.1 Å². The number of benzene rings is 2. The monoisotopic (exact) mass is 297 g/mol. The standard InChI is InChI=1S/C18H19NO3/c1-13(20)19-16-12-8-7-11-15(16)18(22-3,17(19)21-2)14-9-5-4-6-10-14/h4-12,17H,1-3H3/t17-,18+/m0/s1. The molecule has 0 N–H and O–H groups in total. The molecule has 0 unspecified atom stereocenters. The van der Waals surface area contributed by atoms with Gasteiger partial charge in [0.15, 0.2) is 11.8 Å². The third-order valence-electron chi connectivity index (χ3n) is 4.23. The Morgan fingerprint density at radius 3 is 2.27 bits per heavy atom. The number of hydrogen-bond acceptors (Lipinski definition) is 3. The van der Waals surface area contributed by atoms with Gasteiger partial charge in [-0.2, -0.15) is 0 Å². The van der Waals surface area contributed by atoms with E-state index in [1.807, 2.05) is 54.6 Å². The number of nitrogens with zero attached hydrogens (tertiary/aromatic N) is 1. The SMILES string of the molecule is CO[C@@H]1N(C(C)=O)c2ccccc2[C@]1(OC)c1ccccc1. The van der Waals surface area contributed by atoms with Gasteiger partial charge in [-0.25, -0.2) is 0 Å². The van der Waals surface area contributed by atoms with Crippen LogP contribution in [-0.4, -0.2) is 26.4 Å². The fourth-order valence-electron chi connectivity index (χ4n) is 3.36. The summed E-state index contributed by atoms with van der Waals surface area (Å²) in [6.45, 7) is 1.54. The Hall–Kier alpha value is -2.17. The van der Waals surface area contributed by atoms with E-state index in [4.69, 9.17) is 9.47 Å². The average molecular weight is 297 g/mol. The van der Waals surface area contributed by atoms with Gasteiger partial charge in [0.05, 0.1) is 5.69 Å². The summed E-state index contributed by atoms with van der Waals surface area (Å²) in [5.41, 5.74) is 1.89. The van der Waals surface area contributed by atoms with E-state index in [0.29, 0.717) is 0 Å². The molecule has 2 atom stereocenters. The van der Waals surface area contributed by atoms with Gasteiger partial charge in [-0.1, -0.05) is 48.5 Å². The van der Waals surface area contributed by atoms with Crippen LogP contribution in [0.1, 0.15) is 18.1 Å². The zero-order chi connectivity index (χ0) is 15.7. The Morgan fingerprint density at radius 2 is 1.68 bits per heavy atom. The fourth-order valence-corrected chi connectivity index (χ4v) is 3.36. The highest BCUT2D eigenvalue weighted by atomic mass is 16.6. The number of amides is 1. The van der Waals surface area contributed by atoms with E-state index in [0.717, 1.165) is 16.8 Å². The normalized spacial score (nSPS) is 23.4. The Labute approximate surface area is 130 Å². The first-order valence-electron chi connectivity index (χ1n) is 7.19. The van der Waals surface area contributed by atoms with Gasteiger partial charge in [0.2, 0.25) is 5.91 Å². The van der Waals surface area contributed by atoms with Crippen LogP contribution >= 0.6 is 0 Å². The second-order valence-corrected chi connectivity index (χ2v) is 5.30. The molecule has 4 heteroatoms.